The van der Waals surface area contributed by atoms with Crippen LogP contribution < -0.4 is 11.1 Å². The lowest BCUT2D eigenvalue weighted by atomic mass is 10.2. The molecule has 1 rings (SSSR count). The highest BCUT2D eigenvalue weighted by Crippen LogP contribution is 2.26. The average Bonchev–Trinajstić information content (AvgIpc) is 2.34. The minimum Gasteiger partial charge on any atom is -0.398 e. The number of hydrogen-bond donors (Lipinski definition) is 2. The molecule has 0 aromatic heterocycles. The molecule has 0 heterocycles. The Morgan fingerprint density at radius 2 is 2.00 bits per heavy atom. The van der Waals surface area contributed by atoms with E-state index in [0.717, 1.165) is 37.4 Å². The van der Waals surface area contributed by atoms with Gasteiger partial charge in [-0.05, 0) is 44.1 Å². The summed E-state index contributed by atoms with van der Waals surface area (Å²) in [5.41, 5.74) is 8.60. The molecular weight excluding hydrogens is 246 g/mol. The summed E-state index contributed by atoms with van der Waals surface area (Å²) in [6, 6.07) is 3.82. The number of aryl methyl sites for hydroxylation is 1. The fraction of sp³-hybridized carbons (Fsp3) is 0.571. The van der Waals surface area contributed by atoms with E-state index >= 15 is 0 Å². The highest BCUT2D eigenvalue weighted by atomic mass is 35.5. The van der Waals surface area contributed by atoms with Gasteiger partial charge in [-0.3, -0.25) is 0 Å². The van der Waals surface area contributed by atoms with Crippen LogP contribution in [0.1, 0.15) is 25.8 Å². The second kappa shape index (κ2) is 7.49. The molecule has 4 heteroatoms. The number of likely N-dealkylation sites (N-methyl/N-ethyl adjacent to an activating group) is 1. The van der Waals surface area contributed by atoms with Gasteiger partial charge in [-0.15, -0.1) is 0 Å². The van der Waals surface area contributed by atoms with Crippen molar-refractivity contribution in [2.24, 2.45) is 0 Å². The van der Waals surface area contributed by atoms with Crippen molar-refractivity contribution in [1.29, 1.82) is 0 Å². The fourth-order valence-electron chi connectivity index (χ4n) is 1.99. The smallest absolute Gasteiger partial charge is 0.0656 e. The quantitative estimate of drug-likeness (QED) is 0.746. The van der Waals surface area contributed by atoms with Crippen LogP contribution in [0.5, 0.6) is 0 Å². The number of nitrogens with two attached hydrogens (primary N) is 1. The van der Waals surface area contributed by atoms with Crippen LogP contribution in [0.3, 0.4) is 0 Å². The van der Waals surface area contributed by atoms with E-state index in [2.05, 4.69) is 24.1 Å². The minimum absolute atomic E-state index is 0.615. The van der Waals surface area contributed by atoms with Crippen LogP contribution in [-0.4, -0.2) is 31.1 Å². The molecule has 1 aromatic carbocycles. The lowest BCUT2D eigenvalue weighted by molar-refractivity contribution is 0.300. The molecule has 0 aliphatic heterocycles. The zero-order chi connectivity index (χ0) is 13.5. The second-order valence-electron chi connectivity index (χ2n) is 4.55. The summed E-state index contributed by atoms with van der Waals surface area (Å²) in [7, 11) is 0. The molecular formula is C14H24ClN3. The Balaban J connectivity index is 2.51. The van der Waals surface area contributed by atoms with E-state index in [1.54, 1.807) is 0 Å². The molecule has 0 saturated heterocycles. The normalized spacial score (nSPS) is 10.9. The third-order valence-corrected chi connectivity index (χ3v) is 3.40. The van der Waals surface area contributed by atoms with Crippen molar-refractivity contribution in [3.8, 4) is 0 Å². The predicted octanol–water partition coefficient (Wildman–Crippen LogP) is 3.37. The Hall–Kier alpha value is -0.930. The topological polar surface area (TPSA) is 41.3 Å². The van der Waals surface area contributed by atoms with Gasteiger partial charge < -0.3 is 16.0 Å². The van der Waals surface area contributed by atoms with Crippen molar-refractivity contribution in [1.82, 2.24) is 4.90 Å². The van der Waals surface area contributed by atoms with Gasteiger partial charge in [0, 0.05) is 18.8 Å². The number of nitrogens with zero attached hydrogens (tertiary/aromatic N) is 1. The van der Waals surface area contributed by atoms with Crippen LogP contribution in [0.15, 0.2) is 12.1 Å². The summed E-state index contributed by atoms with van der Waals surface area (Å²) in [6.45, 7) is 10.7. The largest absolute Gasteiger partial charge is 0.398 e. The van der Waals surface area contributed by atoms with E-state index in [1.165, 1.54) is 6.42 Å². The molecule has 0 aliphatic carbocycles. The van der Waals surface area contributed by atoms with E-state index in [0.29, 0.717) is 10.7 Å². The number of nitrogen functional groups attached to an aromatic ring is 1. The summed E-state index contributed by atoms with van der Waals surface area (Å²) in [6.07, 6.45) is 1.20. The van der Waals surface area contributed by atoms with Gasteiger partial charge in [-0.2, -0.15) is 0 Å². The van der Waals surface area contributed by atoms with E-state index in [4.69, 9.17) is 17.3 Å². The molecule has 3 N–H and O–H groups in total. The molecule has 0 aliphatic rings. The Kier molecular flexibility index (Phi) is 6.30. The molecule has 0 atom stereocenters. The summed E-state index contributed by atoms with van der Waals surface area (Å²) in [5, 5.41) is 4.04. The first-order valence-corrected chi connectivity index (χ1v) is 6.98. The molecule has 18 heavy (non-hydrogen) atoms. The first-order valence-electron chi connectivity index (χ1n) is 6.60. The van der Waals surface area contributed by atoms with Gasteiger partial charge in [0.05, 0.1) is 10.7 Å². The molecule has 1 aromatic rings. The number of halogens is 1. The van der Waals surface area contributed by atoms with Crippen LogP contribution in [-0.2, 0) is 0 Å². The van der Waals surface area contributed by atoms with Crippen molar-refractivity contribution >= 4 is 23.0 Å². The molecule has 0 spiro atoms. The van der Waals surface area contributed by atoms with E-state index < -0.39 is 0 Å². The lowest BCUT2D eigenvalue weighted by Gasteiger charge is -2.20. The highest BCUT2D eigenvalue weighted by molar-refractivity contribution is 6.33. The maximum Gasteiger partial charge on any atom is 0.0656 e. The van der Waals surface area contributed by atoms with Gasteiger partial charge in [0.15, 0.2) is 0 Å². The zero-order valence-corrected chi connectivity index (χ0v) is 12.3. The first-order chi connectivity index (χ1) is 8.58. The van der Waals surface area contributed by atoms with Gasteiger partial charge in [0.2, 0.25) is 0 Å². The maximum atomic E-state index is 6.03. The molecule has 0 fully saturated rings. The van der Waals surface area contributed by atoms with Gasteiger partial charge in [-0.25, -0.2) is 0 Å². The molecule has 3 nitrogen and oxygen atoms in total. The van der Waals surface area contributed by atoms with Crippen molar-refractivity contribution in [3.05, 3.63) is 22.7 Å². The van der Waals surface area contributed by atoms with Crippen molar-refractivity contribution in [2.75, 3.05) is 37.2 Å². The standard InChI is InChI=1S/C14H24ClN3/c1-4-7-18(5-2)8-6-17-14-10-12(15)13(16)9-11(14)3/h9-10,17H,4-8,16H2,1-3H3. The third-order valence-electron chi connectivity index (χ3n) is 3.07. The fourth-order valence-corrected chi connectivity index (χ4v) is 2.15. The second-order valence-corrected chi connectivity index (χ2v) is 4.96. The summed E-state index contributed by atoms with van der Waals surface area (Å²) in [5.74, 6) is 0. The zero-order valence-electron chi connectivity index (χ0n) is 11.6. The molecule has 0 saturated carbocycles. The van der Waals surface area contributed by atoms with E-state index in [-0.39, 0.29) is 0 Å². The number of benzene rings is 1. The van der Waals surface area contributed by atoms with Crippen molar-refractivity contribution in [2.45, 2.75) is 27.2 Å². The number of anilines is 2. The van der Waals surface area contributed by atoms with Crippen LogP contribution in [0.2, 0.25) is 5.02 Å². The number of hydrogen-bond acceptors (Lipinski definition) is 3. The number of rotatable bonds is 7. The van der Waals surface area contributed by atoms with Crippen molar-refractivity contribution < 1.29 is 0 Å². The Morgan fingerprint density at radius 3 is 2.61 bits per heavy atom. The van der Waals surface area contributed by atoms with Gasteiger partial charge in [-0.1, -0.05) is 25.4 Å². The van der Waals surface area contributed by atoms with Gasteiger partial charge >= 0.3 is 0 Å². The van der Waals surface area contributed by atoms with Gasteiger partial charge in [0.1, 0.15) is 0 Å². The monoisotopic (exact) mass is 269 g/mol. The first kappa shape index (κ1) is 15.1. The Bertz CT molecular complexity index is 380. The molecule has 102 valence electrons. The van der Waals surface area contributed by atoms with Crippen molar-refractivity contribution in [3.63, 3.8) is 0 Å². The molecule has 0 radical (unpaired) electrons. The van der Waals surface area contributed by atoms with E-state index in [9.17, 15) is 0 Å². The summed E-state index contributed by atoms with van der Waals surface area (Å²) in [4.78, 5) is 2.43. The average molecular weight is 270 g/mol. The van der Waals surface area contributed by atoms with Crippen LogP contribution in [0.4, 0.5) is 11.4 Å². The van der Waals surface area contributed by atoms with Crippen LogP contribution >= 0.6 is 11.6 Å². The molecule has 0 unspecified atom stereocenters. The molecule has 0 bridgehead atoms. The predicted molar refractivity (Wildman–Crippen MR) is 81.5 cm³/mol. The Morgan fingerprint density at radius 1 is 1.28 bits per heavy atom. The molecule has 0 amide bonds. The third kappa shape index (κ3) is 4.39. The summed E-state index contributed by atoms with van der Waals surface area (Å²) < 4.78 is 0. The van der Waals surface area contributed by atoms with Crippen LogP contribution in [0.25, 0.3) is 0 Å². The van der Waals surface area contributed by atoms with Gasteiger partial charge in [0.25, 0.3) is 0 Å². The SMILES string of the molecule is CCCN(CC)CCNc1cc(Cl)c(N)cc1C. The number of nitrogens with one attached hydrogen (secondary N) is 1. The highest BCUT2D eigenvalue weighted by Gasteiger charge is 2.04. The van der Waals surface area contributed by atoms with Crippen LogP contribution in [0, 0.1) is 6.92 Å². The Labute approximate surface area is 115 Å². The lowest BCUT2D eigenvalue weighted by Crippen LogP contribution is -2.29. The minimum atomic E-state index is 0.615. The maximum absolute atomic E-state index is 6.03. The summed E-state index contributed by atoms with van der Waals surface area (Å²) >= 11 is 6.03. The van der Waals surface area contributed by atoms with E-state index in [1.807, 2.05) is 19.1 Å².